The third-order valence-corrected chi connectivity index (χ3v) is 4.93. The number of hydrogen-bond donors (Lipinski definition) is 1. The van der Waals surface area contributed by atoms with Crippen molar-refractivity contribution in [1.82, 2.24) is 9.62 Å². The first-order valence-electron chi connectivity index (χ1n) is 6.23. The zero-order chi connectivity index (χ0) is 13.8. The van der Waals surface area contributed by atoms with E-state index in [0.29, 0.717) is 16.6 Å². The van der Waals surface area contributed by atoms with Gasteiger partial charge in [0.2, 0.25) is 5.91 Å². The van der Waals surface area contributed by atoms with Gasteiger partial charge in [0.1, 0.15) is 0 Å². The first kappa shape index (κ1) is 15.0. The second kappa shape index (κ2) is 6.84. The quantitative estimate of drug-likeness (QED) is 0.864. The predicted octanol–water partition coefficient (Wildman–Crippen LogP) is 3.35. The van der Waals surface area contributed by atoms with Crippen LogP contribution in [0.5, 0.6) is 0 Å². The maximum atomic E-state index is 12.1. The molecule has 1 unspecified atom stereocenters. The van der Waals surface area contributed by atoms with Crippen molar-refractivity contribution in [3.8, 4) is 0 Å². The summed E-state index contributed by atoms with van der Waals surface area (Å²) >= 11 is 13.7. The predicted molar refractivity (Wildman–Crippen MR) is 81.6 cm³/mol. The van der Waals surface area contributed by atoms with Gasteiger partial charge in [-0.1, -0.05) is 48.1 Å². The first-order valence-corrected chi connectivity index (χ1v) is 7.93. The van der Waals surface area contributed by atoms with Crippen molar-refractivity contribution in [1.29, 1.82) is 0 Å². The van der Waals surface area contributed by atoms with Crippen LogP contribution in [0, 0.1) is 0 Å². The van der Waals surface area contributed by atoms with Gasteiger partial charge in [-0.2, -0.15) is 0 Å². The molecule has 1 heterocycles. The van der Waals surface area contributed by atoms with Crippen LogP contribution in [0.4, 0.5) is 0 Å². The van der Waals surface area contributed by atoms with E-state index in [1.54, 1.807) is 24.1 Å². The molecule has 1 atom stereocenters. The summed E-state index contributed by atoms with van der Waals surface area (Å²) in [5.41, 5.74) is 0.883. The summed E-state index contributed by atoms with van der Waals surface area (Å²) in [6.07, 6.45) is 0.901. The lowest BCUT2D eigenvalue weighted by atomic mass is 10.2. The van der Waals surface area contributed by atoms with E-state index in [-0.39, 0.29) is 11.9 Å². The molecule has 0 spiro atoms. The molecule has 1 amide bonds. The first-order chi connectivity index (χ1) is 9.11. The van der Waals surface area contributed by atoms with Crippen molar-refractivity contribution in [3.63, 3.8) is 0 Å². The lowest BCUT2D eigenvalue weighted by Crippen LogP contribution is -2.40. The van der Waals surface area contributed by atoms with Gasteiger partial charge in [-0.25, -0.2) is 4.31 Å². The average molecular weight is 319 g/mol. The van der Waals surface area contributed by atoms with Crippen LogP contribution in [-0.2, 0) is 11.3 Å². The molecule has 1 aromatic carbocycles. The average Bonchev–Trinajstić information content (AvgIpc) is 2.85. The summed E-state index contributed by atoms with van der Waals surface area (Å²) in [7, 11) is 0. The summed E-state index contributed by atoms with van der Waals surface area (Å²) in [5, 5.41) is 4.13. The maximum Gasteiger partial charge on any atom is 0.238 e. The van der Waals surface area contributed by atoms with Crippen molar-refractivity contribution in [2.24, 2.45) is 0 Å². The highest BCUT2D eigenvalue weighted by Gasteiger charge is 2.30. The van der Waals surface area contributed by atoms with Gasteiger partial charge in [-0.15, -0.1) is 0 Å². The summed E-state index contributed by atoms with van der Waals surface area (Å²) in [5.74, 6) is 1.08. The molecule has 0 aromatic heterocycles. The van der Waals surface area contributed by atoms with Crippen molar-refractivity contribution in [2.75, 3.05) is 12.3 Å². The van der Waals surface area contributed by atoms with E-state index in [2.05, 4.69) is 16.5 Å². The van der Waals surface area contributed by atoms with Gasteiger partial charge in [-0.05, 0) is 24.1 Å². The summed E-state index contributed by atoms with van der Waals surface area (Å²) in [6, 6.07) is 5.28. The zero-order valence-corrected chi connectivity index (χ0v) is 13.0. The number of nitrogens with zero attached hydrogens (tertiary/aromatic N) is 1. The molecule has 6 heteroatoms. The van der Waals surface area contributed by atoms with Crippen LogP contribution in [0.2, 0.25) is 10.0 Å². The molecule has 0 radical (unpaired) electrons. The molecule has 3 nitrogen and oxygen atoms in total. The number of carbonyl (C=O) groups is 1. The van der Waals surface area contributed by atoms with Gasteiger partial charge in [0.05, 0.1) is 6.04 Å². The van der Waals surface area contributed by atoms with Crippen molar-refractivity contribution in [2.45, 2.75) is 25.9 Å². The van der Waals surface area contributed by atoms with E-state index >= 15 is 0 Å². The molecule has 0 bridgehead atoms. The molecule has 0 aliphatic carbocycles. The Hall–Kier alpha value is -0.420. The minimum atomic E-state index is -0.0268. The van der Waals surface area contributed by atoms with E-state index in [1.165, 1.54) is 0 Å². The van der Waals surface area contributed by atoms with E-state index in [0.717, 1.165) is 24.3 Å². The lowest BCUT2D eigenvalue weighted by Gasteiger charge is -2.20. The molecule has 1 aromatic rings. The highest BCUT2D eigenvalue weighted by molar-refractivity contribution is 7.97. The molecule has 2 rings (SSSR count). The smallest absolute Gasteiger partial charge is 0.238 e. The van der Waals surface area contributed by atoms with Crippen LogP contribution in [0.25, 0.3) is 0 Å². The van der Waals surface area contributed by atoms with E-state index in [9.17, 15) is 4.79 Å². The summed E-state index contributed by atoms with van der Waals surface area (Å²) in [4.78, 5) is 12.1. The van der Waals surface area contributed by atoms with Crippen LogP contribution in [0.3, 0.4) is 0 Å². The molecular weight excluding hydrogens is 303 g/mol. The standard InChI is InChI=1S/C13H16Cl2N2OS/c1-2-17-12(5-6-19-17)13(18)16-8-9-3-4-10(14)7-11(9)15/h3-4,7,12H,2,5-6,8H2,1H3,(H,16,18). The Kier molecular flexibility index (Phi) is 5.39. The number of nitrogens with one attached hydrogen (secondary N) is 1. The van der Waals surface area contributed by atoms with Crippen LogP contribution in [0.1, 0.15) is 18.9 Å². The number of benzene rings is 1. The van der Waals surface area contributed by atoms with Gasteiger partial charge < -0.3 is 5.32 Å². The third kappa shape index (κ3) is 3.78. The van der Waals surface area contributed by atoms with Gasteiger partial charge in [0.15, 0.2) is 0 Å². The maximum absolute atomic E-state index is 12.1. The van der Waals surface area contributed by atoms with E-state index < -0.39 is 0 Å². The third-order valence-electron chi connectivity index (χ3n) is 3.08. The minimum Gasteiger partial charge on any atom is -0.351 e. The summed E-state index contributed by atoms with van der Waals surface area (Å²) < 4.78 is 2.12. The topological polar surface area (TPSA) is 32.3 Å². The zero-order valence-electron chi connectivity index (χ0n) is 10.7. The van der Waals surface area contributed by atoms with Crippen LogP contribution >= 0.6 is 35.1 Å². The molecule has 1 saturated heterocycles. The molecular formula is C13H16Cl2N2OS. The second-order valence-electron chi connectivity index (χ2n) is 4.32. The normalized spacial score (nSPS) is 19.6. The largest absolute Gasteiger partial charge is 0.351 e. The van der Waals surface area contributed by atoms with Crippen molar-refractivity contribution in [3.05, 3.63) is 33.8 Å². The fourth-order valence-corrected chi connectivity index (χ4v) is 3.66. The monoisotopic (exact) mass is 318 g/mol. The number of carbonyl (C=O) groups excluding carboxylic acids is 1. The van der Waals surface area contributed by atoms with Crippen LogP contribution < -0.4 is 5.32 Å². The minimum absolute atomic E-state index is 0.0268. The Balaban J connectivity index is 1.93. The highest BCUT2D eigenvalue weighted by atomic mass is 35.5. The lowest BCUT2D eigenvalue weighted by molar-refractivity contribution is -0.124. The van der Waals surface area contributed by atoms with Gasteiger partial charge in [-0.3, -0.25) is 4.79 Å². The van der Waals surface area contributed by atoms with Gasteiger partial charge in [0.25, 0.3) is 0 Å². The molecule has 104 valence electrons. The summed E-state index contributed by atoms with van der Waals surface area (Å²) in [6.45, 7) is 3.38. The Bertz CT molecular complexity index is 470. The van der Waals surface area contributed by atoms with Crippen LogP contribution in [-0.4, -0.2) is 28.6 Å². The van der Waals surface area contributed by atoms with E-state index in [4.69, 9.17) is 23.2 Å². The van der Waals surface area contributed by atoms with E-state index in [1.807, 2.05) is 6.07 Å². The number of rotatable bonds is 4. The van der Waals surface area contributed by atoms with Gasteiger partial charge in [0, 0.05) is 28.9 Å². The number of halogens is 2. The molecule has 1 fully saturated rings. The van der Waals surface area contributed by atoms with Crippen molar-refractivity contribution >= 4 is 41.1 Å². The Morgan fingerprint density at radius 3 is 3.00 bits per heavy atom. The molecule has 1 aliphatic rings. The Labute approximate surface area is 127 Å². The molecule has 19 heavy (non-hydrogen) atoms. The number of amides is 1. The fraction of sp³-hybridized carbons (Fsp3) is 0.462. The Morgan fingerprint density at radius 1 is 1.53 bits per heavy atom. The number of hydrogen-bond acceptors (Lipinski definition) is 3. The SMILES string of the molecule is CCN1SCCC1C(=O)NCc1ccc(Cl)cc1Cl. The van der Waals surface area contributed by atoms with Crippen molar-refractivity contribution < 1.29 is 4.79 Å². The number of likely N-dealkylation sites (N-methyl/N-ethyl adjacent to an activating group) is 1. The second-order valence-corrected chi connectivity index (χ2v) is 6.30. The van der Waals surface area contributed by atoms with Gasteiger partial charge >= 0.3 is 0 Å². The fourth-order valence-electron chi connectivity index (χ4n) is 2.05. The van der Waals surface area contributed by atoms with Crippen LogP contribution in [0.15, 0.2) is 18.2 Å². The molecule has 1 aliphatic heterocycles. The molecule has 1 N–H and O–H groups in total. The highest BCUT2D eigenvalue weighted by Crippen LogP contribution is 2.26. The molecule has 0 saturated carbocycles. The Morgan fingerprint density at radius 2 is 2.32 bits per heavy atom.